The second-order valence-corrected chi connectivity index (χ2v) is 7.59. The molecule has 0 fully saturated rings. The van der Waals surface area contributed by atoms with Crippen molar-refractivity contribution in [1.82, 2.24) is 0 Å². The lowest BCUT2D eigenvalue weighted by atomic mass is 9.88. The standard InChI is InChI=1S/C13H19ClO3S/c1-4-10(9-13(2,3)18(15,16)17)11-5-7-12(14)8-6-11/h5-8,10H,4,9H2,1-3H3,(H,15,16,17). The van der Waals surface area contributed by atoms with Crippen molar-refractivity contribution >= 4 is 21.7 Å². The molecule has 1 N–H and O–H groups in total. The molecule has 0 bridgehead atoms. The van der Waals surface area contributed by atoms with Gasteiger partial charge in [-0.25, -0.2) is 0 Å². The van der Waals surface area contributed by atoms with Crippen LogP contribution in [0.3, 0.4) is 0 Å². The summed E-state index contributed by atoms with van der Waals surface area (Å²) in [6.07, 6.45) is 1.19. The van der Waals surface area contributed by atoms with E-state index in [1.54, 1.807) is 26.0 Å². The molecule has 0 amide bonds. The number of rotatable bonds is 5. The van der Waals surface area contributed by atoms with Gasteiger partial charge in [0.1, 0.15) is 0 Å². The van der Waals surface area contributed by atoms with Crippen LogP contribution in [0.1, 0.15) is 45.1 Å². The van der Waals surface area contributed by atoms with Crippen molar-refractivity contribution in [2.24, 2.45) is 0 Å². The van der Waals surface area contributed by atoms with Gasteiger partial charge in [0.25, 0.3) is 10.1 Å². The second-order valence-electron chi connectivity index (χ2n) is 5.10. The van der Waals surface area contributed by atoms with Gasteiger partial charge >= 0.3 is 0 Å². The van der Waals surface area contributed by atoms with Crippen molar-refractivity contribution in [2.75, 3.05) is 0 Å². The van der Waals surface area contributed by atoms with Crippen molar-refractivity contribution in [3.63, 3.8) is 0 Å². The fraction of sp³-hybridized carbons (Fsp3) is 0.538. The topological polar surface area (TPSA) is 54.4 Å². The molecule has 1 atom stereocenters. The van der Waals surface area contributed by atoms with Gasteiger partial charge < -0.3 is 0 Å². The molecule has 0 aromatic heterocycles. The van der Waals surface area contributed by atoms with Crippen LogP contribution in [-0.4, -0.2) is 17.7 Å². The van der Waals surface area contributed by atoms with Gasteiger partial charge in [0.15, 0.2) is 0 Å². The van der Waals surface area contributed by atoms with Crippen molar-refractivity contribution in [1.29, 1.82) is 0 Å². The van der Waals surface area contributed by atoms with Crippen molar-refractivity contribution in [3.8, 4) is 0 Å². The molecular formula is C13H19ClO3S. The molecule has 0 saturated heterocycles. The lowest BCUT2D eigenvalue weighted by molar-refractivity contribution is 0.412. The lowest BCUT2D eigenvalue weighted by Crippen LogP contribution is -2.33. The molecule has 3 nitrogen and oxygen atoms in total. The fourth-order valence-electron chi connectivity index (χ4n) is 1.93. The third kappa shape index (κ3) is 3.70. The first-order valence-electron chi connectivity index (χ1n) is 5.90. The molecule has 0 saturated carbocycles. The summed E-state index contributed by atoms with van der Waals surface area (Å²) >= 11 is 5.83. The Morgan fingerprint density at radius 2 is 1.78 bits per heavy atom. The molecule has 0 radical (unpaired) electrons. The number of hydrogen-bond donors (Lipinski definition) is 1. The molecule has 0 aliphatic rings. The highest BCUT2D eigenvalue weighted by atomic mass is 35.5. The average Bonchev–Trinajstić information content (AvgIpc) is 2.25. The first-order valence-corrected chi connectivity index (χ1v) is 7.71. The van der Waals surface area contributed by atoms with E-state index < -0.39 is 14.9 Å². The zero-order valence-electron chi connectivity index (χ0n) is 10.9. The Labute approximate surface area is 114 Å². The Bertz CT molecular complexity index is 491. The quantitative estimate of drug-likeness (QED) is 0.837. The molecule has 0 heterocycles. The highest BCUT2D eigenvalue weighted by Crippen LogP contribution is 2.33. The molecule has 0 aliphatic carbocycles. The number of hydrogen-bond acceptors (Lipinski definition) is 2. The summed E-state index contributed by atoms with van der Waals surface area (Å²) in [5, 5.41) is 0.655. The molecule has 1 aromatic rings. The first-order chi connectivity index (χ1) is 8.17. The van der Waals surface area contributed by atoms with Gasteiger partial charge in [-0.05, 0) is 50.3 Å². The number of halogens is 1. The van der Waals surface area contributed by atoms with Gasteiger partial charge in [-0.1, -0.05) is 30.7 Å². The van der Waals surface area contributed by atoms with Crippen LogP contribution in [0, 0.1) is 0 Å². The van der Waals surface area contributed by atoms with Crippen LogP contribution < -0.4 is 0 Å². The Morgan fingerprint density at radius 1 is 1.28 bits per heavy atom. The second kappa shape index (κ2) is 5.59. The van der Waals surface area contributed by atoms with Gasteiger partial charge in [0, 0.05) is 5.02 Å². The van der Waals surface area contributed by atoms with E-state index in [1.807, 2.05) is 19.1 Å². The minimum Gasteiger partial charge on any atom is -0.285 e. The smallest absolute Gasteiger partial charge is 0.270 e. The zero-order valence-corrected chi connectivity index (χ0v) is 12.4. The summed E-state index contributed by atoms with van der Waals surface area (Å²) in [6, 6.07) is 7.38. The van der Waals surface area contributed by atoms with Gasteiger partial charge in [0.05, 0.1) is 4.75 Å². The van der Waals surface area contributed by atoms with E-state index in [2.05, 4.69) is 0 Å². The molecule has 102 valence electrons. The van der Waals surface area contributed by atoms with Crippen LogP contribution in [0.15, 0.2) is 24.3 Å². The van der Waals surface area contributed by atoms with Gasteiger partial charge in [0.2, 0.25) is 0 Å². The molecule has 0 aliphatic heterocycles. The monoisotopic (exact) mass is 290 g/mol. The summed E-state index contributed by atoms with van der Waals surface area (Å²) in [6.45, 7) is 5.08. The third-order valence-electron chi connectivity index (χ3n) is 3.27. The van der Waals surface area contributed by atoms with Gasteiger partial charge in [-0.15, -0.1) is 0 Å². The van der Waals surface area contributed by atoms with E-state index in [9.17, 15) is 13.0 Å². The van der Waals surface area contributed by atoms with Crippen LogP contribution in [0.4, 0.5) is 0 Å². The maximum Gasteiger partial charge on any atom is 0.270 e. The first kappa shape index (κ1) is 15.5. The van der Waals surface area contributed by atoms with Gasteiger partial charge in [-0.2, -0.15) is 8.42 Å². The van der Waals surface area contributed by atoms with Crippen molar-refractivity contribution in [3.05, 3.63) is 34.9 Å². The minimum atomic E-state index is -4.05. The Morgan fingerprint density at radius 3 is 2.17 bits per heavy atom. The molecule has 1 unspecified atom stereocenters. The van der Waals surface area contributed by atoms with Crippen LogP contribution in [-0.2, 0) is 10.1 Å². The molecule has 18 heavy (non-hydrogen) atoms. The van der Waals surface area contributed by atoms with E-state index in [1.165, 1.54) is 0 Å². The summed E-state index contributed by atoms with van der Waals surface area (Å²) < 4.78 is 30.7. The maximum absolute atomic E-state index is 11.3. The normalized spacial score (nSPS) is 14.5. The highest BCUT2D eigenvalue weighted by Gasteiger charge is 2.35. The Balaban J connectivity index is 2.96. The predicted octanol–water partition coefficient (Wildman–Crippen LogP) is 3.89. The SMILES string of the molecule is CCC(CC(C)(C)S(=O)(=O)O)c1ccc(Cl)cc1. The van der Waals surface area contributed by atoms with Crippen molar-refractivity contribution in [2.45, 2.75) is 44.3 Å². The number of benzene rings is 1. The van der Waals surface area contributed by atoms with E-state index >= 15 is 0 Å². The van der Waals surface area contributed by atoms with Crippen LogP contribution >= 0.6 is 11.6 Å². The Kier molecular flexibility index (Phi) is 4.81. The largest absolute Gasteiger partial charge is 0.285 e. The van der Waals surface area contributed by atoms with Crippen LogP contribution in [0.2, 0.25) is 5.02 Å². The fourth-order valence-corrected chi connectivity index (χ4v) is 2.47. The van der Waals surface area contributed by atoms with E-state index in [-0.39, 0.29) is 5.92 Å². The summed E-state index contributed by atoms with van der Waals surface area (Å²) in [4.78, 5) is 0. The third-order valence-corrected chi connectivity index (χ3v) is 5.09. The van der Waals surface area contributed by atoms with E-state index in [0.29, 0.717) is 11.4 Å². The maximum atomic E-state index is 11.3. The molecule has 5 heteroatoms. The van der Waals surface area contributed by atoms with E-state index in [4.69, 9.17) is 11.6 Å². The zero-order chi connectivity index (χ0) is 14.0. The lowest BCUT2D eigenvalue weighted by Gasteiger charge is -2.26. The predicted molar refractivity (Wildman–Crippen MR) is 74.7 cm³/mol. The highest BCUT2D eigenvalue weighted by molar-refractivity contribution is 7.87. The summed E-state index contributed by atoms with van der Waals surface area (Å²) in [7, 11) is -4.05. The minimum absolute atomic E-state index is 0.0826. The molecule has 0 spiro atoms. The van der Waals surface area contributed by atoms with Gasteiger partial charge in [-0.3, -0.25) is 4.55 Å². The van der Waals surface area contributed by atoms with Crippen molar-refractivity contribution < 1.29 is 13.0 Å². The van der Waals surface area contributed by atoms with E-state index in [0.717, 1.165) is 12.0 Å². The summed E-state index contributed by atoms with van der Waals surface area (Å²) in [5.74, 6) is 0.0826. The van der Waals surface area contributed by atoms with Crippen LogP contribution in [0.25, 0.3) is 0 Å². The molecule has 1 aromatic carbocycles. The van der Waals surface area contributed by atoms with Crippen LogP contribution in [0.5, 0.6) is 0 Å². The molecule has 1 rings (SSSR count). The Hall–Kier alpha value is -0.580. The molecular weight excluding hydrogens is 272 g/mol. The summed E-state index contributed by atoms with van der Waals surface area (Å²) in [5.41, 5.74) is 1.04. The average molecular weight is 291 g/mol.